The van der Waals surface area contributed by atoms with E-state index in [0.29, 0.717) is 10.8 Å². The largest absolute Gasteiger partial charge is 0.293 e. The molecule has 1 fully saturated rings. The first kappa shape index (κ1) is 18.0. The summed E-state index contributed by atoms with van der Waals surface area (Å²) in [6, 6.07) is 15.7. The van der Waals surface area contributed by atoms with Crippen molar-refractivity contribution in [2.75, 3.05) is 0 Å². The van der Waals surface area contributed by atoms with E-state index in [1.807, 2.05) is 36.4 Å². The molecule has 5 heteroatoms. The Balaban J connectivity index is 1.78. The van der Waals surface area contributed by atoms with Crippen molar-refractivity contribution in [2.45, 2.75) is 26.3 Å². The van der Waals surface area contributed by atoms with Crippen LogP contribution >= 0.6 is 27.7 Å². The van der Waals surface area contributed by atoms with E-state index in [1.165, 1.54) is 10.5 Å². The highest BCUT2D eigenvalue weighted by Gasteiger charge is 2.34. The number of carbonyl (C=O) groups excluding carboxylic acids is 2. The second-order valence-corrected chi connectivity index (χ2v) is 8.13. The summed E-state index contributed by atoms with van der Waals surface area (Å²) in [6.07, 6.45) is 1.79. The fraction of sp³-hybridized carbons (Fsp3) is 0.200. The Morgan fingerprint density at radius 2 is 1.84 bits per heavy atom. The molecule has 0 atom stereocenters. The summed E-state index contributed by atoms with van der Waals surface area (Å²) in [6.45, 7) is 4.57. The normalized spacial score (nSPS) is 16.3. The number of carbonyl (C=O) groups is 2. The Morgan fingerprint density at radius 1 is 1.12 bits per heavy atom. The van der Waals surface area contributed by atoms with Crippen LogP contribution in [-0.4, -0.2) is 16.0 Å². The lowest BCUT2D eigenvalue weighted by Gasteiger charge is -2.12. The van der Waals surface area contributed by atoms with Crippen molar-refractivity contribution >= 4 is 44.9 Å². The minimum Gasteiger partial charge on any atom is -0.268 e. The molecule has 0 radical (unpaired) electrons. The Bertz CT molecular complexity index is 843. The lowest BCUT2D eigenvalue weighted by molar-refractivity contribution is -0.123. The van der Waals surface area contributed by atoms with E-state index >= 15 is 0 Å². The zero-order valence-electron chi connectivity index (χ0n) is 14.0. The molecule has 1 aliphatic rings. The average molecular weight is 416 g/mol. The maximum absolute atomic E-state index is 12.6. The Labute approximate surface area is 160 Å². The molecule has 2 amide bonds. The van der Waals surface area contributed by atoms with Crippen LogP contribution in [-0.2, 0) is 11.3 Å². The number of nitrogens with zero attached hydrogens (tertiary/aromatic N) is 1. The molecule has 1 aliphatic heterocycles. The van der Waals surface area contributed by atoms with Gasteiger partial charge in [0.2, 0.25) is 0 Å². The lowest BCUT2D eigenvalue weighted by Crippen LogP contribution is -2.27. The van der Waals surface area contributed by atoms with Gasteiger partial charge in [0.1, 0.15) is 0 Å². The molecule has 2 aromatic carbocycles. The van der Waals surface area contributed by atoms with Crippen molar-refractivity contribution in [3.8, 4) is 0 Å². The number of rotatable bonds is 4. The maximum Gasteiger partial charge on any atom is 0.293 e. The molecule has 1 heterocycles. The van der Waals surface area contributed by atoms with Crippen LogP contribution in [0.4, 0.5) is 4.79 Å². The maximum atomic E-state index is 12.6. The number of amides is 2. The highest BCUT2D eigenvalue weighted by atomic mass is 79.9. The summed E-state index contributed by atoms with van der Waals surface area (Å²) in [5, 5.41) is -0.227. The number of halogens is 1. The summed E-state index contributed by atoms with van der Waals surface area (Å²) in [7, 11) is 0. The first-order valence-corrected chi connectivity index (χ1v) is 9.65. The second-order valence-electron chi connectivity index (χ2n) is 6.22. The van der Waals surface area contributed by atoms with E-state index in [1.54, 1.807) is 6.08 Å². The van der Waals surface area contributed by atoms with Gasteiger partial charge < -0.3 is 0 Å². The molecule has 0 saturated carbocycles. The first-order valence-electron chi connectivity index (χ1n) is 8.04. The standard InChI is InChI=1S/C20H18BrNO2S/c1-13(2)16-8-6-14(7-9-16)11-18-19(23)22(20(24)25-18)12-15-4-3-5-17(21)10-15/h3-11,13H,12H2,1-2H3/b18-11+. The molecular formula is C20H18BrNO2S. The highest BCUT2D eigenvalue weighted by molar-refractivity contribution is 9.10. The van der Waals surface area contributed by atoms with Crippen LogP contribution in [0.2, 0.25) is 0 Å². The van der Waals surface area contributed by atoms with Crippen molar-refractivity contribution in [3.63, 3.8) is 0 Å². The number of benzene rings is 2. The van der Waals surface area contributed by atoms with E-state index in [-0.39, 0.29) is 17.7 Å². The first-order chi connectivity index (χ1) is 11.9. The molecule has 25 heavy (non-hydrogen) atoms. The fourth-order valence-electron chi connectivity index (χ4n) is 2.58. The molecule has 0 N–H and O–H groups in total. The van der Waals surface area contributed by atoms with Crippen molar-refractivity contribution < 1.29 is 9.59 Å². The zero-order chi connectivity index (χ0) is 18.0. The molecule has 3 rings (SSSR count). The molecule has 2 aromatic rings. The Kier molecular flexibility index (Phi) is 5.45. The fourth-order valence-corrected chi connectivity index (χ4v) is 3.87. The van der Waals surface area contributed by atoms with Crippen LogP contribution in [0, 0.1) is 0 Å². The summed E-state index contributed by atoms with van der Waals surface area (Å²) in [5.41, 5.74) is 3.09. The van der Waals surface area contributed by atoms with Gasteiger partial charge in [-0.25, -0.2) is 0 Å². The molecule has 1 saturated heterocycles. The van der Waals surface area contributed by atoms with Crippen molar-refractivity contribution in [1.82, 2.24) is 4.90 Å². The monoisotopic (exact) mass is 415 g/mol. The quantitative estimate of drug-likeness (QED) is 0.591. The summed E-state index contributed by atoms with van der Waals surface area (Å²) >= 11 is 4.41. The van der Waals surface area contributed by atoms with Gasteiger partial charge >= 0.3 is 0 Å². The summed E-state index contributed by atoms with van der Waals surface area (Å²) in [5.74, 6) is 0.231. The Morgan fingerprint density at radius 3 is 2.48 bits per heavy atom. The summed E-state index contributed by atoms with van der Waals surface area (Å²) in [4.78, 5) is 26.6. The van der Waals surface area contributed by atoms with Crippen LogP contribution in [0.15, 0.2) is 57.9 Å². The predicted octanol–water partition coefficient (Wildman–Crippen LogP) is 5.81. The minimum absolute atomic E-state index is 0.227. The Hall–Kier alpha value is -1.85. The van der Waals surface area contributed by atoms with Crippen molar-refractivity contribution in [1.29, 1.82) is 0 Å². The van der Waals surface area contributed by atoms with Crippen LogP contribution < -0.4 is 0 Å². The number of thioether (sulfide) groups is 1. The molecule has 0 aromatic heterocycles. The number of hydrogen-bond donors (Lipinski definition) is 0. The van der Waals surface area contributed by atoms with Gasteiger partial charge in [-0.3, -0.25) is 14.5 Å². The topological polar surface area (TPSA) is 37.4 Å². The van der Waals surface area contributed by atoms with Gasteiger partial charge in [0.05, 0.1) is 11.4 Å². The molecule has 0 aliphatic carbocycles. The smallest absolute Gasteiger partial charge is 0.268 e. The van der Waals surface area contributed by atoms with Gasteiger partial charge in [-0.2, -0.15) is 0 Å². The van der Waals surface area contributed by atoms with Gasteiger partial charge in [0, 0.05) is 4.47 Å². The van der Waals surface area contributed by atoms with E-state index in [2.05, 4.69) is 41.9 Å². The minimum atomic E-state index is -0.233. The SMILES string of the molecule is CC(C)c1ccc(/C=C2/SC(=O)N(Cc3cccc(Br)c3)C2=O)cc1. The molecule has 128 valence electrons. The lowest BCUT2D eigenvalue weighted by atomic mass is 10.0. The number of imide groups is 1. The van der Waals surface area contributed by atoms with Crippen molar-refractivity contribution in [2.24, 2.45) is 0 Å². The van der Waals surface area contributed by atoms with Gasteiger partial charge in [-0.1, -0.05) is 66.2 Å². The van der Waals surface area contributed by atoms with E-state index in [4.69, 9.17) is 0 Å². The molecule has 0 spiro atoms. The van der Waals surface area contributed by atoms with E-state index in [9.17, 15) is 9.59 Å². The third kappa shape index (κ3) is 4.22. The third-order valence-electron chi connectivity index (χ3n) is 4.00. The zero-order valence-corrected chi connectivity index (χ0v) is 16.4. The molecule has 3 nitrogen and oxygen atoms in total. The van der Waals surface area contributed by atoms with Crippen LogP contribution in [0.3, 0.4) is 0 Å². The molecule has 0 unspecified atom stereocenters. The van der Waals surface area contributed by atoms with Gasteiger partial charge in [0.15, 0.2) is 0 Å². The molecular weight excluding hydrogens is 398 g/mol. The average Bonchev–Trinajstić information content (AvgIpc) is 2.83. The number of hydrogen-bond acceptors (Lipinski definition) is 3. The van der Waals surface area contributed by atoms with E-state index in [0.717, 1.165) is 27.4 Å². The second kappa shape index (κ2) is 7.58. The van der Waals surface area contributed by atoms with Gasteiger partial charge in [-0.05, 0) is 52.6 Å². The van der Waals surface area contributed by atoms with Crippen molar-refractivity contribution in [3.05, 3.63) is 74.6 Å². The third-order valence-corrected chi connectivity index (χ3v) is 5.40. The highest BCUT2D eigenvalue weighted by Crippen LogP contribution is 2.33. The van der Waals surface area contributed by atoms with Gasteiger partial charge in [0.25, 0.3) is 11.1 Å². The van der Waals surface area contributed by atoms with Gasteiger partial charge in [-0.15, -0.1) is 0 Å². The molecule has 0 bridgehead atoms. The van der Waals surface area contributed by atoms with Crippen LogP contribution in [0.5, 0.6) is 0 Å². The summed E-state index contributed by atoms with van der Waals surface area (Å²) < 4.78 is 0.928. The van der Waals surface area contributed by atoms with E-state index < -0.39 is 0 Å². The predicted molar refractivity (Wildman–Crippen MR) is 106 cm³/mol. The van der Waals surface area contributed by atoms with Crippen LogP contribution in [0.1, 0.15) is 36.5 Å². The van der Waals surface area contributed by atoms with Crippen LogP contribution in [0.25, 0.3) is 6.08 Å².